The first-order chi connectivity index (χ1) is 13.6. The van der Waals surface area contributed by atoms with Crippen molar-refractivity contribution >= 4 is 23.9 Å². The van der Waals surface area contributed by atoms with Gasteiger partial charge in [0.1, 0.15) is 17.1 Å². The number of hydrogen-bond donors (Lipinski definition) is 0. The Kier molecular flexibility index (Phi) is 5.38. The molecule has 1 aliphatic heterocycles. The fourth-order valence-electron chi connectivity index (χ4n) is 4.76. The minimum Gasteiger partial charge on any atom is -0.462 e. The molecule has 0 atom stereocenters. The van der Waals surface area contributed by atoms with Gasteiger partial charge in [-0.15, -0.1) is 0 Å². The van der Waals surface area contributed by atoms with Crippen molar-refractivity contribution in [1.82, 2.24) is 9.80 Å². The SMILES string of the molecule is Cc1ccc(C=C2C(=O)N(C3CCCCC3)C(=O)N(C3CCCCC3)C2=O)o1. The van der Waals surface area contributed by atoms with E-state index in [0.29, 0.717) is 11.5 Å². The maximum Gasteiger partial charge on any atom is 0.334 e. The average Bonchev–Trinajstić information content (AvgIpc) is 3.12. The number of furan rings is 1. The predicted octanol–water partition coefficient (Wildman–Crippen LogP) is 4.43. The summed E-state index contributed by atoms with van der Waals surface area (Å²) in [7, 11) is 0. The Morgan fingerprint density at radius 1 is 0.821 bits per heavy atom. The second-order valence-electron chi connectivity index (χ2n) is 8.22. The van der Waals surface area contributed by atoms with E-state index >= 15 is 0 Å². The average molecular weight is 384 g/mol. The molecule has 6 nitrogen and oxygen atoms in total. The number of urea groups is 1. The maximum atomic E-state index is 13.3. The van der Waals surface area contributed by atoms with Crippen LogP contribution in [0.2, 0.25) is 0 Å². The fraction of sp³-hybridized carbons (Fsp3) is 0.591. The fourth-order valence-corrected chi connectivity index (χ4v) is 4.76. The molecule has 1 saturated heterocycles. The van der Waals surface area contributed by atoms with Crippen LogP contribution in [0.25, 0.3) is 6.08 Å². The molecule has 3 fully saturated rings. The topological polar surface area (TPSA) is 70.8 Å². The lowest BCUT2D eigenvalue weighted by Crippen LogP contribution is -2.62. The molecule has 2 heterocycles. The van der Waals surface area contributed by atoms with Crippen LogP contribution in [0, 0.1) is 6.92 Å². The molecular formula is C22H28N2O4. The highest BCUT2D eigenvalue weighted by Gasteiger charge is 2.47. The lowest BCUT2D eigenvalue weighted by molar-refractivity contribution is -0.139. The summed E-state index contributed by atoms with van der Waals surface area (Å²) in [6.07, 6.45) is 11.1. The Hall–Kier alpha value is -2.37. The van der Waals surface area contributed by atoms with Gasteiger partial charge >= 0.3 is 6.03 Å². The summed E-state index contributed by atoms with van der Waals surface area (Å²) >= 11 is 0. The van der Waals surface area contributed by atoms with Gasteiger partial charge in [-0.2, -0.15) is 0 Å². The van der Waals surface area contributed by atoms with Gasteiger partial charge in [0.05, 0.1) is 0 Å². The Balaban J connectivity index is 1.72. The summed E-state index contributed by atoms with van der Waals surface area (Å²) in [6.45, 7) is 1.82. The highest BCUT2D eigenvalue weighted by Crippen LogP contribution is 2.33. The number of imide groups is 2. The van der Waals surface area contributed by atoms with Gasteiger partial charge in [-0.3, -0.25) is 19.4 Å². The van der Waals surface area contributed by atoms with Crippen molar-refractivity contribution in [3.05, 3.63) is 29.2 Å². The molecule has 28 heavy (non-hydrogen) atoms. The molecule has 2 aliphatic carbocycles. The number of barbiturate groups is 1. The van der Waals surface area contributed by atoms with Crippen LogP contribution in [0.5, 0.6) is 0 Å². The van der Waals surface area contributed by atoms with Crippen molar-refractivity contribution in [1.29, 1.82) is 0 Å². The molecule has 6 heteroatoms. The van der Waals surface area contributed by atoms with Crippen LogP contribution in [-0.4, -0.2) is 39.7 Å². The largest absolute Gasteiger partial charge is 0.462 e. The predicted molar refractivity (Wildman–Crippen MR) is 104 cm³/mol. The number of aryl methyl sites for hydroxylation is 1. The smallest absolute Gasteiger partial charge is 0.334 e. The van der Waals surface area contributed by atoms with Crippen molar-refractivity contribution in [2.45, 2.75) is 83.2 Å². The van der Waals surface area contributed by atoms with Crippen LogP contribution in [-0.2, 0) is 9.59 Å². The third-order valence-electron chi connectivity index (χ3n) is 6.24. The molecule has 1 aromatic heterocycles. The highest BCUT2D eigenvalue weighted by atomic mass is 16.3. The first-order valence-corrected chi connectivity index (χ1v) is 10.6. The van der Waals surface area contributed by atoms with E-state index < -0.39 is 17.8 Å². The quantitative estimate of drug-likeness (QED) is 0.571. The van der Waals surface area contributed by atoms with Gasteiger partial charge in [0, 0.05) is 12.1 Å². The van der Waals surface area contributed by atoms with Gasteiger partial charge in [0.25, 0.3) is 11.8 Å². The zero-order chi connectivity index (χ0) is 19.7. The summed E-state index contributed by atoms with van der Waals surface area (Å²) in [5.41, 5.74) is 0.0464. The van der Waals surface area contributed by atoms with Crippen LogP contribution < -0.4 is 0 Å². The number of carbonyl (C=O) groups is 3. The molecule has 1 aromatic rings. The molecular weight excluding hydrogens is 356 g/mol. The van der Waals surface area contributed by atoms with Gasteiger partial charge < -0.3 is 4.42 Å². The molecule has 0 N–H and O–H groups in total. The number of nitrogens with zero attached hydrogens (tertiary/aromatic N) is 2. The molecule has 0 spiro atoms. The molecule has 150 valence electrons. The van der Waals surface area contributed by atoms with Crippen molar-refractivity contribution in [3.8, 4) is 0 Å². The summed E-state index contributed by atoms with van der Waals surface area (Å²) in [5, 5.41) is 0. The number of carbonyl (C=O) groups excluding carboxylic acids is 3. The van der Waals surface area contributed by atoms with Crippen LogP contribution in [0.15, 0.2) is 22.1 Å². The zero-order valence-electron chi connectivity index (χ0n) is 16.5. The van der Waals surface area contributed by atoms with Crippen LogP contribution in [0.4, 0.5) is 4.79 Å². The molecule has 4 amide bonds. The van der Waals surface area contributed by atoms with Crippen molar-refractivity contribution in [3.63, 3.8) is 0 Å². The Morgan fingerprint density at radius 3 is 1.75 bits per heavy atom. The standard InChI is InChI=1S/C22H28N2O4/c1-15-12-13-18(28-15)14-19-20(25)23(16-8-4-2-5-9-16)22(27)24(21(19)26)17-10-6-3-7-11-17/h12-14,16-17H,2-11H2,1H3. The summed E-state index contributed by atoms with van der Waals surface area (Å²) in [5.74, 6) is 0.244. The van der Waals surface area contributed by atoms with Gasteiger partial charge in [0.2, 0.25) is 0 Å². The third-order valence-corrected chi connectivity index (χ3v) is 6.24. The van der Waals surface area contributed by atoms with Crippen molar-refractivity contribution in [2.24, 2.45) is 0 Å². The Bertz CT molecular complexity index is 755. The van der Waals surface area contributed by atoms with E-state index in [1.807, 2.05) is 6.92 Å². The molecule has 4 rings (SSSR count). The Labute approximate surface area is 165 Å². The first-order valence-electron chi connectivity index (χ1n) is 10.6. The highest BCUT2D eigenvalue weighted by molar-refractivity contribution is 6.31. The van der Waals surface area contributed by atoms with E-state index in [1.165, 1.54) is 15.9 Å². The lowest BCUT2D eigenvalue weighted by Gasteiger charge is -2.43. The van der Waals surface area contributed by atoms with Gasteiger partial charge in [-0.05, 0) is 50.8 Å². The number of rotatable bonds is 3. The summed E-state index contributed by atoms with van der Waals surface area (Å²) in [4.78, 5) is 42.5. The van der Waals surface area contributed by atoms with Crippen LogP contribution >= 0.6 is 0 Å². The number of amides is 4. The van der Waals surface area contributed by atoms with E-state index in [2.05, 4.69) is 0 Å². The Morgan fingerprint density at radius 2 is 1.32 bits per heavy atom. The van der Waals surface area contributed by atoms with Gasteiger partial charge in [0.15, 0.2) is 0 Å². The van der Waals surface area contributed by atoms with E-state index in [4.69, 9.17) is 4.42 Å². The minimum atomic E-state index is -0.469. The maximum absolute atomic E-state index is 13.3. The normalized spacial score (nSPS) is 22.9. The number of hydrogen-bond acceptors (Lipinski definition) is 4. The van der Waals surface area contributed by atoms with E-state index in [0.717, 1.165) is 64.2 Å². The van der Waals surface area contributed by atoms with E-state index in [-0.39, 0.29) is 17.7 Å². The lowest BCUT2D eigenvalue weighted by atomic mass is 9.90. The second kappa shape index (κ2) is 7.94. The van der Waals surface area contributed by atoms with Crippen molar-refractivity contribution in [2.75, 3.05) is 0 Å². The molecule has 0 bridgehead atoms. The summed E-state index contributed by atoms with van der Waals surface area (Å²) in [6, 6.07) is 2.90. The van der Waals surface area contributed by atoms with Gasteiger partial charge in [-0.25, -0.2) is 4.79 Å². The van der Waals surface area contributed by atoms with Crippen LogP contribution in [0.1, 0.15) is 75.7 Å². The first kappa shape index (κ1) is 19.0. The molecule has 0 unspecified atom stereocenters. The van der Waals surface area contributed by atoms with Gasteiger partial charge in [-0.1, -0.05) is 38.5 Å². The molecule has 0 aromatic carbocycles. The third kappa shape index (κ3) is 3.52. The zero-order valence-corrected chi connectivity index (χ0v) is 16.5. The molecule has 0 radical (unpaired) electrons. The molecule has 3 aliphatic rings. The second-order valence-corrected chi connectivity index (χ2v) is 8.22. The van der Waals surface area contributed by atoms with E-state index in [1.54, 1.807) is 12.1 Å². The van der Waals surface area contributed by atoms with Crippen LogP contribution in [0.3, 0.4) is 0 Å². The minimum absolute atomic E-state index is 0.0464. The summed E-state index contributed by atoms with van der Waals surface area (Å²) < 4.78 is 5.57. The molecule has 2 saturated carbocycles. The van der Waals surface area contributed by atoms with Crippen molar-refractivity contribution < 1.29 is 18.8 Å². The monoisotopic (exact) mass is 384 g/mol. The van der Waals surface area contributed by atoms with E-state index in [9.17, 15) is 14.4 Å².